The van der Waals surface area contributed by atoms with Crippen molar-refractivity contribution < 1.29 is 14.3 Å². The molecule has 8 heteroatoms. The fraction of sp³-hybridized carbons (Fsp3) is 0.400. The first kappa shape index (κ1) is 21.8. The third-order valence-electron chi connectivity index (χ3n) is 4.17. The van der Waals surface area contributed by atoms with Crippen molar-refractivity contribution in [3.05, 3.63) is 55.8 Å². The van der Waals surface area contributed by atoms with E-state index in [1.54, 1.807) is 26.2 Å². The Morgan fingerprint density at radius 1 is 1.21 bits per heavy atom. The van der Waals surface area contributed by atoms with E-state index in [4.69, 9.17) is 21.1 Å². The first-order valence-electron chi connectivity index (χ1n) is 9.04. The van der Waals surface area contributed by atoms with Gasteiger partial charge in [-0.05, 0) is 38.5 Å². The lowest BCUT2D eigenvalue weighted by Gasteiger charge is -2.15. The van der Waals surface area contributed by atoms with Crippen LogP contribution in [0.4, 0.5) is 5.69 Å². The van der Waals surface area contributed by atoms with Gasteiger partial charge in [-0.3, -0.25) is 9.59 Å². The van der Waals surface area contributed by atoms with Crippen molar-refractivity contribution >= 4 is 23.2 Å². The van der Waals surface area contributed by atoms with E-state index < -0.39 is 0 Å². The number of rotatable bonds is 9. The van der Waals surface area contributed by atoms with E-state index in [0.29, 0.717) is 40.9 Å². The number of aromatic amines is 1. The molecule has 0 fully saturated rings. The number of carbonyl (C=O) groups excluding carboxylic acids is 1. The average Bonchev–Trinajstić information content (AvgIpc) is 2.63. The highest BCUT2D eigenvalue weighted by molar-refractivity contribution is 6.31. The molecule has 1 aromatic carbocycles. The van der Waals surface area contributed by atoms with Gasteiger partial charge < -0.3 is 25.1 Å². The molecule has 0 aliphatic carbocycles. The van der Waals surface area contributed by atoms with Gasteiger partial charge in [-0.1, -0.05) is 11.6 Å². The summed E-state index contributed by atoms with van der Waals surface area (Å²) < 4.78 is 10.6. The van der Waals surface area contributed by atoms with Crippen LogP contribution >= 0.6 is 11.6 Å². The van der Waals surface area contributed by atoms with Crippen molar-refractivity contribution in [1.29, 1.82) is 0 Å². The minimum atomic E-state index is -0.318. The van der Waals surface area contributed by atoms with Crippen molar-refractivity contribution in [3.8, 4) is 5.88 Å². The number of aryl methyl sites for hydroxylation is 1. The van der Waals surface area contributed by atoms with Gasteiger partial charge >= 0.3 is 0 Å². The van der Waals surface area contributed by atoms with Gasteiger partial charge in [0.25, 0.3) is 5.91 Å². The van der Waals surface area contributed by atoms with Crippen LogP contribution in [-0.2, 0) is 11.3 Å². The molecule has 28 heavy (non-hydrogen) atoms. The lowest BCUT2D eigenvalue weighted by atomic mass is 10.1. The molecular weight excluding hydrogens is 382 g/mol. The second-order valence-corrected chi connectivity index (χ2v) is 6.74. The molecule has 0 aliphatic rings. The molecule has 0 radical (unpaired) electrons. The van der Waals surface area contributed by atoms with Crippen LogP contribution in [0.2, 0.25) is 5.02 Å². The van der Waals surface area contributed by atoms with Crippen LogP contribution in [0.3, 0.4) is 0 Å². The maximum Gasteiger partial charge on any atom is 0.251 e. The van der Waals surface area contributed by atoms with Gasteiger partial charge in [-0.25, -0.2) is 0 Å². The Morgan fingerprint density at radius 3 is 2.64 bits per heavy atom. The minimum absolute atomic E-state index is 0.0270. The molecule has 0 spiro atoms. The van der Waals surface area contributed by atoms with Gasteiger partial charge in [0, 0.05) is 41.7 Å². The Balaban J connectivity index is 2.22. The normalized spacial score (nSPS) is 10.6. The Morgan fingerprint density at radius 2 is 1.96 bits per heavy atom. The molecular formula is C20H26ClN3O4. The van der Waals surface area contributed by atoms with Crippen LogP contribution in [0.1, 0.15) is 34.1 Å². The van der Waals surface area contributed by atoms with Crippen LogP contribution in [0.25, 0.3) is 0 Å². The molecule has 0 bridgehead atoms. The number of amides is 1. The Bertz CT molecular complexity index is 896. The van der Waals surface area contributed by atoms with Crippen molar-refractivity contribution in [1.82, 2.24) is 10.3 Å². The zero-order valence-corrected chi connectivity index (χ0v) is 17.3. The fourth-order valence-corrected chi connectivity index (χ4v) is 2.97. The summed E-state index contributed by atoms with van der Waals surface area (Å²) in [5.74, 6) is 0.0143. The number of ether oxygens (including phenoxy) is 2. The number of hydrogen-bond acceptors (Lipinski definition) is 5. The summed E-state index contributed by atoms with van der Waals surface area (Å²) in [6.07, 6.45) is 0. The van der Waals surface area contributed by atoms with Gasteiger partial charge in [0.15, 0.2) is 11.3 Å². The van der Waals surface area contributed by atoms with E-state index in [1.807, 2.05) is 13.8 Å². The topological polar surface area (TPSA) is 92.4 Å². The van der Waals surface area contributed by atoms with Crippen LogP contribution in [0, 0.1) is 13.8 Å². The number of pyridine rings is 1. The lowest BCUT2D eigenvalue weighted by molar-refractivity contribution is 0.0949. The molecule has 152 valence electrons. The van der Waals surface area contributed by atoms with Crippen molar-refractivity contribution in [3.63, 3.8) is 0 Å². The maximum absolute atomic E-state index is 12.7. The number of H-pyrrole nitrogens is 1. The number of halogens is 1. The summed E-state index contributed by atoms with van der Waals surface area (Å²) in [6.45, 7) is 7.00. The highest BCUT2D eigenvalue weighted by Crippen LogP contribution is 2.25. The van der Waals surface area contributed by atoms with Gasteiger partial charge in [0.1, 0.15) is 6.61 Å². The number of benzene rings is 1. The molecule has 0 unspecified atom stereocenters. The van der Waals surface area contributed by atoms with Crippen molar-refractivity contribution in [2.24, 2.45) is 0 Å². The fourth-order valence-electron chi connectivity index (χ4n) is 2.76. The lowest BCUT2D eigenvalue weighted by Crippen LogP contribution is -2.28. The number of carbonyl (C=O) groups is 1. The molecule has 2 rings (SSSR count). The minimum Gasteiger partial charge on any atom is -0.476 e. The second kappa shape index (κ2) is 10.1. The molecule has 1 heterocycles. The summed E-state index contributed by atoms with van der Waals surface area (Å²) in [4.78, 5) is 28.1. The molecule has 0 atom stereocenters. The van der Waals surface area contributed by atoms with E-state index in [0.717, 1.165) is 11.3 Å². The van der Waals surface area contributed by atoms with Gasteiger partial charge in [0.2, 0.25) is 0 Å². The van der Waals surface area contributed by atoms with E-state index >= 15 is 0 Å². The molecule has 7 nitrogen and oxygen atoms in total. The number of methoxy groups -OCH3 is 1. The third kappa shape index (κ3) is 5.50. The van der Waals surface area contributed by atoms with Crippen LogP contribution < -0.4 is 20.8 Å². The molecule has 1 aromatic heterocycles. The molecule has 0 saturated carbocycles. The quantitative estimate of drug-likeness (QED) is 0.555. The van der Waals surface area contributed by atoms with Crippen LogP contribution in [-0.4, -0.2) is 37.8 Å². The summed E-state index contributed by atoms with van der Waals surface area (Å²) in [5, 5.41) is 6.44. The maximum atomic E-state index is 12.7. The summed E-state index contributed by atoms with van der Waals surface area (Å²) >= 11 is 6.15. The smallest absolute Gasteiger partial charge is 0.251 e. The standard InChI is InChI=1S/C20H26ClN3O4/c1-5-22-17-10-14(21)9-15(13(17)3)19(26)23-11-16-18(25)8-12(2)24-20(16)28-7-6-27-4/h8-10,22H,5-7,11H2,1-4H3,(H,23,26)(H,24,25). The summed E-state index contributed by atoms with van der Waals surface area (Å²) in [7, 11) is 1.57. The first-order valence-corrected chi connectivity index (χ1v) is 9.41. The highest BCUT2D eigenvalue weighted by atomic mass is 35.5. The number of aromatic nitrogens is 1. The first-order chi connectivity index (χ1) is 13.4. The summed E-state index contributed by atoms with van der Waals surface area (Å²) in [5.41, 5.74) is 2.86. The van der Waals surface area contributed by atoms with Gasteiger partial charge in [0.05, 0.1) is 18.7 Å². The Hall–Kier alpha value is -2.51. The molecule has 1 amide bonds. The van der Waals surface area contributed by atoms with Crippen molar-refractivity contribution in [2.45, 2.75) is 27.3 Å². The number of hydrogen-bond donors (Lipinski definition) is 3. The van der Waals surface area contributed by atoms with E-state index in [1.165, 1.54) is 6.07 Å². The van der Waals surface area contributed by atoms with Gasteiger partial charge in [-0.2, -0.15) is 0 Å². The zero-order chi connectivity index (χ0) is 20.7. The second-order valence-electron chi connectivity index (χ2n) is 6.30. The molecule has 3 N–H and O–H groups in total. The largest absolute Gasteiger partial charge is 0.476 e. The highest BCUT2D eigenvalue weighted by Gasteiger charge is 2.16. The molecule has 2 aromatic rings. The Labute approximate surface area is 169 Å². The van der Waals surface area contributed by atoms with E-state index in [2.05, 4.69) is 15.6 Å². The number of anilines is 1. The number of nitrogens with one attached hydrogen (secondary N) is 3. The monoisotopic (exact) mass is 407 g/mol. The van der Waals surface area contributed by atoms with Crippen LogP contribution in [0.5, 0.6) is 5.88 Å². The predicted octanol–water partition coefficient (Wildman–Crippen LogP) is 3.03. The Kier molecular flexibility index (Phi) is 7.90. The molecule has 0 saturated heterocycles. The summed E-state index contributed by atoms with van der Waals surface area (Å²) in [6, 6.07) is 4.87. The average molecular weight is 408 g/mol. The van der Waals surface area contributed by atoms with E-state index in [9.17, 15) is 9.59 Å². The molecule has 0 aliphatic heterocycles. The predicted molar refractivity (Wildman–Crippen MR) is 111 cm³/mol. The third-order valence-corrected chi connectivity index (χ3v) is 4.39. The van der Waals surface area contributed by atoms with Crippen LogP contribution in [0.15, 0.2) is 23.0 Å². The zero-order valence-electron chi connectivity index (χ0n) is 16.6. The van der Waals surface area contributed by atoms with Gasteiger partial charge in [-0.15, -0.1) is 0 Å². The SMILES string of the molecule is CCNc1cc(Cl)cc(C(=O)NCc2c(OCCOC)[nH]c(C)cc2=O)c1C. The van der Waals surface area contributed by atoms with Crippen molar-refractivity contribution in [2.75, 3.05) is 32.2 Å². The van der Waals surface area contributed by atoms with E-state index in [-0.39, 0.29) is 24.5 Å².